The molecule has 21 heavy (non-hydrogen) atoms. The summed E-state index contributed by atoms with van der Waals surface area (Å²) in [5, 5.41) is 5.44. The standard InChI is InChI=1S/C11H20F3N3O3S/c1-2-16-10(18)9-8-15-5-6-17(9)21(19,20)7-3-4-11(12,13)14/h9,15H,2-8H2,1H3,(H,16,18). The van der Waals surface area contributed by atoms with Crippen molar-refractivity contribution in [1.82, 2.24) is 14.9 Å². The Hall–Kier alpha value is -0.870. The first-order valence-electron chi connectivity index (χ1n) is 6.72. The predicted octanol–water partition coefficient (Wildman–Crippen LogP) is 0.0686. The SMILES string of the molecule is CCNC(=O)C1CNCCN1S(=O)(=O)CCCC(F)(F)F. The van der Waals surface area contributed by atoms with E-state index in [1.807, 2.05) is 0 Å². The first kappa shape index (κ1) is 18.2. The molecule has 1 heterocycles. The fraction of sp³-hybridized carbons (Fsp3) is 0.909. The van der Waals surface area contributed by atoms with Crippen LogP contribution in [0, 0.1) is 0 Å². The fourth-order valence-corrected chi connectivity index (χ4v) is 3.78. The fourth-order valence-electron chi connectivity index (χ4n) is 2.11. The summed E-state index contributed by atoms with van der Waals surface area (Å²) >= 11 is 0. The summed E-state index contributed by atoms with van der Waals surface area (Å²) in [6.45, 7) is 2.67. The lowest BCUT2D eigenvalue weighted by Gasteiger charge is -2.34. The van der Waals surface area contributed by atoms with Crippen LogP contribution >= 0.6 is 0 Å². The second-order valence-corrected chi connectivity index (χ2v) is 6.80. The molecule has 1 saturated heterocycles. The monoisotopic (exact) mass is 331 g/mol. The van der Waals surface area contributed by atoms with Gasteiger partial charge in [0.15, 0.2) is 0 Å². The third-order valence-electron chi connectivity index (χ3n) is 3.07. The van der Waals surface area contributed by atoms with Crippen molar-refractivity contribution in [3.05, 3.63) is 0 Å². The van der Waals surface area contributed by atoms with Crippen LogP contribution in [-0.4, -0.2) is 62.8 Å². The maximum Gasteiger partial charge on any atom is 0.389 e. The third-order valence-corrected chi connectivity index (χ3v) is 5.02. The van der Waals surface area contributed by atoms with Gasteiger partial charge >= 0.3 is 6.18 Å². The van der Waals surface area contributed by atoms with E-state index in [0.717, 1.165) is 4.31 Å². The zero-order valence-corrected chi connectivity index (χ0v) is 12.6. The van der Waals surface area contributed by atoms with Crippen LogP contribution in [0.3, 0.4) is 0 Å². The van der Waals surface area contributed by atoms with Crippen LogP contribution in [0.25, 0.3) is 0 Å². The number of rotatable bonds is 6. The number of sulfonamides is 1. The molecule has 1 aliphatic rings. The van der Waals surface area contributed by atoms with E-state index in [2.05, 4.69) is 10.6 Å². The van der Waals surface area contributed by atoms with Crippen molar-refractivity contribution in [2.75, 3.05) is 31.9 Å². The van der Waals surface area contributed by atoms with Crippen molar-refractivity contribution in [2.45, 2.75) is 32.0 Å². The van der Waals surface area contributed by atoms with Gasteiger partial charge in [-0.3, -0.25) is 4.79 Å². The molecule has 0 saturated carbocycles. The molecule has 1 atom stereocenters. The molecule has 0 aromatic rings. The third kappa shape index (κ3) is 5.79. The molecule has 1 aliphatic heterocycles. The van der Waals surface area contributed by atoms with E-state index in [1.165, 1.54) is 0 Å². The highest BCUT2D eigenvalue weighted by atomic mass is 32.2. The smallest absolute Gasteiger partial charge is 0.355 e. The molecule has 1 unspecified atom stereocenters. The maximum absolute atomic E-state index is 12.1. The summed E-state index contributed by atoms with van der Waals surface area (Å²) < 4.78 is 61.6. The highest BCUT2D eigenvalue weighted by Crippen LogP contribution is 2.22. The zero-order chi connectivity index (χ0) is 16.1. The lowest BCUT2D eigenvalue weighted by atomic mass is 10.2. The number of carbonyl (C=O) groups is 1. The Labute approximate surface area is 122 Å². The Morgan fingerprint density at radius 2 is 2.10 bits per heavy atom. The normalized spacial score (nSPS) is 21.2. The van der Waals surface area contributed by atoms with E-state index >= 15 is 0 Å². The van der Waals surface area contributed by atoms with Gasteiger partial charge in [0.2, 0.25) is 15.9 Å². The molecule has 0 spiro atoms. The van der Waals surface area contributed by atoms with E-state index in [9.17, 15) is 26.4 Å². The van der Waals surface area contributed by atoms with E-state index in [1.54, 1.807) is 6.92 Å². The molecule has 0 aliphatic carbocycles. The molecule has 10 heteroatoms. The average Bonchev–Trinajstić information content (AvgIpc) is 2.37. The number of halogens is 3. The second kappa shape index (κ2) is 7.41. The summed E-state index contributed by atoms with van der Waals surface area (Å²) in [4.78, 5) is 11.9. The van der Waals surface area contributed by atoms with Crippen LogP contribution < -0.4 is 10.6 Å². The van der Waals surface area contributed by atoms with Gasteiger partial charge in [-0.15, -0.1) is 0 Å². The van der Waals surface area contributed by atoms with Gasteiger partial charge in [0.1, 0.15) is 6.04 Å². The minimum atomic E-state index is -4.38. The number of nitrogens with one attached hydrogen (secondary N) is 2. The van der Waals surface area contributed by atoms with Gasteiger partial charge in [0.25, 0.3) is 0 Å². The molecule has 1 fully saturated rings. The van der Waals surface area contributed by atoms with Crippen LogP contribution in [0.1, 0.15) is 19.8 Å². The van der Waals surface area contributed by atoms with Gasteiger partial charge in [-0.25, -0.2) is 8.42 Å². The molecule has 124 valence electrons. The van der Waals surface area contributed by atoms with Gasteiger partial charge in [-0.1, -0.05) is 0 Å². The summed E-state index contributed by atoms with van der Waals surface area (Å²) in [5.74, 6) is -1.05. The molecule has 1 rings (SSSR count). The van der Waals surface area contributed by atoms with Crippen LogP contribution in [0.5, 0.6) is 0 Å². The average molecular weight is 331 g/mol. The molecule has 0 aromatic heterocycles. The zero-order valence-electron chi connectivity index (χ0n) is 11.7. The van der Waals surface area contributed by atoms with Crippen molar-refractivity contribution in [2.24, 2.45) is 0 Å². The Balaban J connectivity index is 2.71. The van der Waals surface area contributed by atoms with Crippen molar-refractivity contribution in [3.63, 3.8) is 0 Å². The molecule has 1 amide bonds. The largest absolute Gasteiger partial charge is 0.389 e. The van der Waals surface area contributed by atoms with E-state index in [4.69, 9.17) is 0 Å². The van der Waals surface area contributed by atoms with E-state index in [0.29, 0.717) is 13.1 Å². The lowest BCUT2D eigenvalue weighted by molar-refractivity contribution is -0.134. The number of amides is 1. The highest BCUT2D eigenvalue weighted by Gasteiger charge is 2.37. The number of hydrogen-bond donors (Lipinski definition) is 2. The van der Waals surface area contributed by atoms with Gasteiger partial charge in [-0.05, 0) is 13.3 Å². The molecular weight excluding hydrogens is 311 g/mol. The number of likely N-dealkylation sites (N-methyl/N-ethyl adjacent to an activating group) is 1. The van der Waals surface area contributed by atoms with Gasteiger partial charge in [-0.2, -0.15) is 17.5 Å². The topological polar surface area (TPSA) is 78.5 Å². The molecule has 2 N–H and O–H groups in total. The van der Waals surface area contributed by atoms with E-state index in [-0.39, 0.29) is 13.1 Å². The maximum atomic E-state index is 12.1. The minimum absolute atomic E-state index is 0.0795. The van der Waals surface area contributed by atoms with Gasteiger partial charge < -0.3 is 10.6 Å². The first-order chi connectivity index (χ1) is 9.67. The summed E-state index contributed by atoms with van der Waals surface area (Å²) in [6, 6.07) is -0.908. The molecule has 0 aromatic carbocycles. The predicted molar refractivity (Wildman–Crippen MR) is 71.1 cm³/mol. The number of piperazine rings is 1. The van der Waals surface area contributed by atoms with Gasteiger partial charge in [0.05, 0.1) is 5.75 Å². The Morgan fingerprint density at radius 1 is 1.43 bits per heavy atom. The van der Waals surface area contributed by atoms with Crippen molar-refractivity contribution >= 4 is 15.9 Å². The van der Waals surface area contributed by atoms with Crippen LogP contribution in [0.15, 0.2) is 0 Å². The minimum Gasteiger partial charge on any atom is -0.355 e. The molecule has 0 bridgehead atoms. The number of hydrogen-bond acceptors (Lipinski definition) is 4. The van der Waals surface area contributed by atoms with Crippen molar-refractivity contribution in [3.8, 4) is 0 Å². The lowest BCUT2D eigenvalue weighted by Crippen LogP contribution is -2.59. The van der Waals surface area contributed by atoms with Crippen LogP contribution in [0.4, 0.5) is 13.2 Å². The van der Waals surface area contributed by atoms with Crippen LogP contribution in [0.2, 0.25) is 0 Å². The number of alkyl halides is 3. The number of carbonyl (C=O) groups excluding carboxylic acids is 1. The number of nitrogens with zero attached hydrogens (tertiary/aromatic N) is 1. The van der Waals surface area contributed by atoms with Crippen LogP contribution in [-0.2, 0) is 14.8 Å². The summed E-state index contributed by atoms with van der Waals surface area (Å²) in [6.07, 6.45) is -6.03. The van der Waals surface area contributed by atoms with Gasteiger partial charge in [0, 0.05) is 32.6 Å². The molecule has 6 nitrogen and oxygen atoms in total. The quantitative estimate of drug-likeness (QED) is 0.722. The Bertz CT molecular complexity index is 453. The summed E-state index contributed by atoms with van der Waals surface area (Å²) in [5.41, 5.74) is 0. The summed E-state index contributed by atoms with van der Waals surface area (Å²) in [7, 11) is -3.89. The highest BCUT2D eigenvalue weighted by molar-refractivity contribution is 7.89. The molecule has 0 radical (unpaired) electrons. The van der Waals surface area contributed by atoms with E-state index < -0.39 is 46.7 Å². The van der Waals surface area contributed by atoms with Crippen molar-refractivity contribution in [1.29, 1.82) is 0 Å². The first-order valence-corrected chi connectivity index (χ1v) is 8.33. The molecular formula is C11H20F3N3O3S. The second-order valence-electron chi connectivity index (χ2n) is 4.76. The Kier molecular flexibility index (Phi) is 6.41. The van der Waals surface area contributed by atoms with Crippen molar-refractivity contribution < 1.29 is 26.4 Å². The Morgan fingerprint density at radius 3 is 2.67 bits per heavy atom.